The molecule has 1 atom stereocenters. The maximum absolute atomic E-state index is 3.37. The molecule has 1 saturated heterocycles. The summed E-state index contributed by atoms with van der Waals surface area (Å²) in [5, 5.41) is 3.37. The smallest absolute Gasteiger partial charge is 0.00884 e. The number of nitrogens with zero attached hydrogens (tertiary/aromatic N) is 1. The third kappa shape index (κ3) is 3.28. The topological polar surface area (TPSA) is 15.3 Å². The van der Waals surface area contributed by atoms with Gasteiger partial charge in [0, 0.05) is 12.1 Å². The second-order valence-corrected chi connectivity index (χ2v) is 4.24. The number of likely N-dealkylation sites (tertiary alicyclic amines) is 1. The van der Waals surface area contributed by atoms with Crippen LogP contribution in [0.1, 0.15) is 39.5 Å². The van der Waals surface area contributed by atoms with Crippen molar-refractivity contribution in [2.45, 2.75) is 51.6 Å². The van der Waals surface area contributed by atoms with Crippen LogP contribution in [0.15, 0.2) is 0 Å². The molecule has 0 aromatic heterocycles. The first-order valence-electron chi connectivity index (χ1n) is 5.69. The van der Waals surface area contributed by atoms with Crippen molar-refractivity contribution < 1.29 is 0 Å². The molecule has 1 fully saturated rings. The summed E-state index contributed by atoms with van der Waals surface area (Å²) in [5.41, 5.74) is 0. The van der Waals surface area contributed by atoms with Crippen LogP contribution in [0.25, 0.3) is 0 Å². The molecule has 1 aliphatic heterocycles. The zero-order chi connectivity index (χ0) is 9.68. The monoisotopic (exact) mass is 184 g/mol. The molecule has 0 aliphatic carbocycles. The maximum atomic E-state index is 3.37. The van der Waals surface area contributed by atoms with Gasteiger partial charge in [-0.1, -0.05) is 13.3 Å². The van der Waals surface area contributed by atoms with Crippen molar-refractivity contribution >= 4 is 0 Å². The summed E-state index contributed by atoms with van der Waals surface area (Å²) in [5.74, 6) is 0. The second-order valence-electron chi connectivity index (χ2n) is 4.24. The summed E-state index contributed by atoms with van der Waals surface area (Å²) in [7, 11) is 2.08. The van der Waals surface area contributed by atoms with Crippen LogP contribution in [-0.2, 0) is 0 Å². The molecule has 0 bridgehead atoms. The van der Waals surface area contributed by atoms with Crippen LogP contribution in [0.2, 0.25) is 0 Å². The summed E-state index contributed by atoms with van der Waals surface area (Å²) < 4.78 is 0. The van der Waals surface area contributed by atoms with Crippen LogP contribution in [0.4, 0.5) is 0 Å². The van der Waals surface area contributed by atoms with Crippen LogP contribution >= 0.6 is 0 Å². The summed E-state index contributed by atoms with van der Waals surface area (Å²) in [6.45, 7) is 7.21. The molecule has 0 radical (unpaired) electrons. The normalized spacial score (nSPS) is 23.3. The van der Waals surface area contributed by atoms with Gasteiger partial charge in [-0.3, -0.25) is 0 Å². The van der Waals surface area contributed by atoms with Gasteiger partial charge in [-0.25, -0.2) is 0 Å². The zero-order valence-corrected chi connectivity index (χ0v) is 9.34. The lowest BCUT2D eigenvalue weighted by Crippen LogP contribution is -2.44. The Hall–Kier alpha value is -0.0800. The minimum Gasteiger partial charge on any atom is -0.317 e. The molecule has 1 aliphatic rings. The molecule has 1 unspecified atom stereocenters. The highest BCUT2D eigenvalue weighted by Crippen LogP contribution is 2.15. The van der Waals surface area contributed by atoms with E-state index in [1.807, 2.05) is 0 Å². The van der Waals surface area contributed by atoms with Crippen molar-refractivity contribution in [3.05, 3.63) is 0 Å². The molecule has 0 spiro atoms. The van der Waals surface area contributed by atoms with E-state index in [4.69, 9.17) is 0 Å². The third-order valence-electron chi connectivity index (χ3n) is 3.27. The first-order valence-corrected chi connectivity index (χ1v) is 5.69. The van der Waals surface area contributed by atoms with Crippen LogP contribution in [0.5, 0.6) is 0 Å². The predicted octanol–water partition coefficient (Wildman–Crippen LogP) is 1.86. The minimum absolute atomic E-state index is 0.769. The molecule has 0 saturated carbocycles. The van der Waals surface area contributed by atoms with E-state index in [-0.39, 0.29) is 0 Å². The molecular formula is C11H24N2. The Morgan fingerprint density at radius 3 is 2.46 bits per heavy atom. The fourth-order valence-electron chi connectivity index (χ4n) is 2.23. The number of piperidine rings is 1. The van der Waals surface area contributed by atoms with E-state index in [9.17, 15) is 0 Å². The molecule has 78 valence electrons. The van der Waals surface area contributed by atoms with E-state index in [0.29, 0.717) is 0 Å². The van der Waals surface area contributed by atoms with E-state index in [1.165, 1.54) is 38.8 Å². The Morgan fingerprint density at radius 2 is 2.00 bits per heavy atom. The quantitative estimate of drug-likeness (QED) is 0.717. The van der Waals surface area contributed by atoms with Gasteiger partial charge in [-0.2, -0.15) is 0 Å². The van der Waals surface area contributed by atoms with Crippen molar-refractivity contribution in [2.24, 2.45) is 0 Å². The van der Waals surface area contributed by atoms with Crippen molar-refractivity contribution in [1.29, 1.82) is 0 Å². The minimum atomic E-state index is 0.769. The average Bonchev–Trinajstić information content (AvgIpc) is 2.18. The summed E-state index contributed by atoms with van der Waals surface area (Å²) >= 11 is 0. The lowest BCUT2D eigenvalue weighted by atomic mass is 10.0. The van der Waals surface area contributed by atoms with Gasteiger partial charge < -0.3 is 10.2 Å². The number of hydrogen-bond acceptors (Lipinski definition) is 2. The van der Waals surface area contributed by atoms with Crippen molar-refractivity contribution in [3.63, 3.8) is 0 Å². The summed E-state index contributed by atoms with van der Waals surface area (Å²) in [6, 6.07) is 1.56. The molecule has 13 heavy (non-hydrogen) atoms. The highest BCUT2D eigenvalue weighted by atomic mass is 15.2. The predicted molar refractivity (Wildman–Crippen MR) is 58.0 cm³/mol. The van der Waals surface area contributed by atoms with Gasteiger partial charge in [-0.15, -0.1) is 0 Å². The highest BCUT2D eigenvalue weighted by molar-refractivity contribution is 4.78. The fourth-order valence-corrected chi connectivity index (χ4v) is 2.23. The molecule has 1 N–H and O–H groups in total. The van der Waals surface area contributed by atoms with Gasteiger partial charge >= 0.3 is 0 Å². The van der Waals surface area contributed by atoms with Gasteiger partial charge in [0.05, 0.1) is 0 Å². The highest BCUT2D eigenvalue weighted by Gasteiger charge is 2.20. The first kappa shape index (κ1) is 11.0. The molecule has 2 heteroatoms. The maximum Gasteiger partial charge on any atom is 0.00884 e. The van der Waals surface area contributed by atoms with Crippen molar-refractivity contribution in [1.82, 2.24) is 10.2 Å². The Morgan fingerprint density at radius 1 is 1.38 bits per heavy atom. The lowest BCUT2D eigenvalue weighted by molar-refractivity contribution is 0.148. The van der Waals surface area contributed by atoms with Crippen LogP contribution in [0, 0.1) is 0 Å². The van der Waals surface area contributed by atoms with Gasteiger partial charge in [-0.05, 0) is 46.3 Å². The van der Waals surface area contributed by atoms with E-state index in [1.54, 1.807) is 0 Å². The van der Waals surface area contributed by atoms with Gasteiger partial charge in [0.1, 0.15) is 0 Å². The second kappa shape index (κ2) is 5.61. The molecule has 1 rings (SSSR count). The Labute approximate surface area is 82.7 Å². The number of nitrogens with one attached hydrogen (secondary N) is 1. The lowest BCUT2D eigenvalue weighted by Gasteiger charge is -2.35. The average molecular weight is 184 g/mol. The van der Waals surface area contributed by atoms with Crippen LogP contribution < -0.4 is 5.32 Å². The molecule has 0 amide bonds. The summed E-state index contributed by atoms with van der Waals surface area (Å²) in [6.07, 6.45) is 5.31. The number of rotatable bonds is 4. The SMILES string of the molecule is CCCC(C)N1CCC(NC)CC1. The van der Waals surface area contributed by atoms with Crippen molar-refractivity contribution in [3.8, 4) is 0 Å². The largest absolute Gasteiger partial charge is 0.317 e. The molecule has 1 heterocycles. The Bertz CT molecular complexity index is 128. The molecule has 2 nitrogen and oxygen atoms in total. The van der Waals surface area contributed by atoms with Crippen molar-refractivity contribution in [2.75, 3.05) is 20.1 Å². The van der Waals surface area contributed by atoms with E-state index < -0.39 is 0 Å². The van der Waals surface area contributed by atoms with Gasteiger partial charge in [0.25, 0.3) is 0 Å². The number of hydrogen-bond donors (Lipinski definition) is 1. The van der Waals surface area contributed by atoms with Crippen LogP contribution in [-0.4, -0.2) is 37.1 Å². The molecular weight excluding hydrogens is 160 g/mol. The van der Waals surface area contributed by atoms with Gasteiger partial charge in [0.15, 0.2) is 0 Å². The molecule has 0 aromatic carbocycles. The zero-order valence-electron chi connectivity index (χ0n) is 9.34. The molecule has 0 aromatic rings. The fraction of sp³-hybridized carbons (Fsp3) is 1.00. The van der Waals surface area contributed by atoms with Gasteiger partial charge in [0.2, 0.25) is 0 Å². The van der Waals surface area contributed by atoms with E-state index in [2.05, 4.69) is 31.1 Å². The van der Waals surface area contributed by atoms with E-state index in [0.717, 1.165) is 12.1 Å². The Balaban J connectivity index is 2.23. The summed E-state index contributed by atoms with van der Waals surface area (Å²) in [4.78, 5) is 2.64. The Kier molecular flexibility index (Phi) is 4.74. The first-order chi connectivity index (χ1) is 6.27. The standard InChI is InChI=1S/C11H24N2/c1-4-5-10(2)13-8-6-11(12-3)7-9-13/h10-12H,4-9H2,1-3H3. The third-order valence-corrected chi connectivity index (χ3v) is 3.27. The van der Waals surface area contributed by atoms with Crippen LogP contribution in [0.3, 0.4) is 0 Å². The van der Waals surface area contributed by atoms with E-state index >= 15 is 0 Å².